The highest BCUT2D eigenvalue weighted by Gasteiger charge is 2.43. The molecule has 1 amide bonds. The van der Waals surface area contributed by atoms with Gasteiger partial charge >= 0.3 is 0 Å². The minimum absolute atomic E-state index is 0.141. The first-order valence-corrected chi connectivity index (χ1v) is 9.08. The van der Waals surface area contributed by atoms with Crippen LogP contribution in [0.5, 0.6) is 0 Å². The molecule has 2 N–H and O–H groups in total. The molecule has 4 rings (SSSR count). The molecule has 122 valence electrons. The monoisotopic (exact) mass is 330 g/mol. The van der Waals surface area contributed by atoms with Crippen LogP contribution in [-0.2, 0) is 0 Å². The predicted molar refractivity (Wildman–Crippen MR) is 91.0 cm³/mol. The van der Waals surface area contributed by atoms with Gasteiger partial charge in [-0.05, 0) is 44.6 Å². The van der Waals surface area contributed by atoms with Crippen LogP contribution < -0.4 is 5.73 Å². The molecule has 1 aliphatic carbocycles. The van der Waals surface area contributed by atoms with Crippen LogP contribution >= 0.6 is 11.3 Å². The van der Waals surface area contributed by atoms with E-state index in [1.54, 1.807) is 17.5 Å². The summed E-state index contributed by atoms with van der Waals surface area (Å²) in [4.78, 5) is 19.4. The molecule has 23 heavy (non-hydrogen) atoms. The maximum atomic E-state index is 13.0. The fourth-order valence-electron chi connectivity index (χ4n) is 4.24. The van der Waals surface area contributed by atoms with Gasteiger partial charge in [-0.2, -0.15) is 0 Å². The zero-order valence-electron chi connectivity index (χ0n) is 13.5. The lowest BCUT2D eigenvalue weighted by Gasteiger charge is -2.19. The number of carbonyl (C=O) groups is 1. The molecule has 3 atom stereocenters. The zero-order valence-corrected chi connectivity index (χ0v) is 14.3. The Morgan fingerprint density at radius 2 is 2.17 bits per heavy atom. The van der Waals surface area contributed by atoms with Gasteiger partial charge < -0.3 is 10.6 Å². The second-order valence-electron chi connectivity index (χ2n) is 6.81. The van der Waals surface area contributed by atoms with Crippen molar-refractivity contribution >= 4 is 17.2 Å². The Hall–Kier alpha value is -1.66. The molecule has 1 saturated heterocycles. The van der Waals surface area contributed by atoms with Gasteiger partial charge in [0.1, 0.15) is 0 Å². The van der Waals surface area contributed by atoms with Crippen molar-refractivity contribution < 1.29 is 4.79 Å². The van der Waals surface area contributed by atoms with E-state index < -0.39 is 0 Å². The molecular formula is C17H22N4OS. The predicted octanol–water partition coefficient (Wildman–Crippen LogP) is 2.36. The molecule has 2 aliphatic rings. The quantitative estimate of drug-likeness (QED) is 0.919. The van der Waals surface area contributed by atoms with Gasteiger partial charge in [-0.3, -0.25) is 9.36 Å². The van der Waals surface area contributed by atoms with Gasteiger partial charge in [-0.25, -0.2) is 4.98 Å². The third-order valence-electron chi connectivity index (χ3n) is 5.47. The lowest BCUT2D eigenvalue weighted by molar-refractivity contribution is 0.0779. The van der Waals surface area contributed by atoms with Crippen molar-refractivity contribution in [1.82, 2.24) is 14.5 Å². The number of likely N-dealkylation sites (tertiary alicyclic amines) is 1. The number of nitrogens with zero attached hydrogens (tertiary/aromatic N) is 3. The van der Waals surface area contributed by atoms with E-state index in [-0.39, 0.29) is 11.9 Å². The molecular weight excluding hydrogens is 308 g/mol. The molecule has 0 aromatic carbocycles. The lowest BCUT2D eigenvalue weighted by atomic mass is 9.98. The van der Waals surface area contributed by atoms with Crippen molar-refractivity contribution in [3.05, 3.63) is 34.6 Å². The summed E-state index contributed by atoms with van der Waals surface area (Å²) in [6.45, 7) is 5.70. The van der Waals surface area contributed by atoms with Crippen LogP contribution in [0.2, 0.25) is 0 Å². The summed E-state index contributed by atoms with van der Waals surface area (Å²) in [5.41, 5.74) is 9.02. The topological polar surface area (TPSA) is 64.2 Å². The number of amides is 1. The van der Waals surface area contributed by atoms with Crippen LogP contribution in [-0.4, -0.2) is 39.5 Å². The number of rotatable bonds is 2. The van der Waals surface area contributed by atoms with Crippen LogP contribution in [0.1, 0.15) is 34.6 Å². The minimum atomic E-state index is 0.141. The number of aromatic nitrogens is 2. The van der Waals surface area contributed by atoms with Crippen LogP contribution in [0.15, 0.2) is 17.6 Å². The number of hydrogen-bond donors (Lipinski definition) is 1. The van der Waals surface area contributed by atoms with E-state index >= 15 is 0 Å². The number of fused-ring (bicyclic) bond motifs is 1. The van der Waals surface area contributed by atoms with E-state index in [9.17, 15) is 4.79 Å². The summed E-state index contributed by atoms with van der Waals surface area (Å²) in [5.74, 6) is 1.22. The van der Waals surface area contributed by atoms with Crippen molar-refractivity contribution in [2.75, 3.05) is 13.1 Å². The normalized spacial score (nSPS) is 26.7. The molecule has 0 spiro atoms. The molecule has 2 aromatic rings. The Morgan fingerprint density at radius 1 is 1.35 bits per heavy atom. The highest BCUT2D eigenvalue weighted by molar-refractivity contribution is 7.12. The van der Waals surface area contributed by atoms with Crippen LogP contribution in [0.25, 0.3) is 5.13 Å². The molecule has 3 unspecified atom stereocenters. The van der Waals surface area contributed by atoms with E-state index in [2.05, 4.69) is 9.55 Å². The second-order valence-corrected chi connectivity index (χ2v) is 7.68. The molecule has 5 nitrogen and oxygen atoms in total. The van der Waals surface area contributed by atoms with Gasteiger partial charge in [0, 0.05) is 42.1 Å². The third kappa shape index (κ3) is 2.32. The standard InChI is InChI=1S/C17H22N4OS/c1-10-7-13(11(2)21(10)17-19-5-6-23-17)16(22)20-8-12-3-4-15(18)14(12)9-20/h5-7,12,14-15H,3-4,8-9,18H2,1-2H3. The minimum Gasteiger partial charge on any atom is -0.338 e. The van der Waals surface area contributed by atoms with Crippen LogP contribution in [0.3, 0.4) is 0 Å². The molecule has 6 heteroatoms. The number of carbonyl (C=O) groups excluding carboxylic acids is 1. The molecule has 0 radical (unpaired) electrons. The van der Waals surface area contributed by atoms with E-state index in [0.717, 1.165) is 48.0 Å². The zero-order chi connectivity index (χ0) is 16.1. The first-order valence-electron chi connectivity index (χ1n) is 8.20. The Bertz CT molecular complexity index is 736. The maximum Gasteiger partial charge on any atom is 0.255 e. The lowest BCUT2D eigenvalue weighted by Crippen LogP contribution is -2.33. The first kappa shape index (κ1) is 14.9. The highest BCUT2D eigenvalue weighted by atomic mass is 32.1. The Kier molecular flexibility index (Phi) is 3.54. The number of nitrogens with two attached hydrogens (primary N) is 1. The van der Waals surface area contributed by atoms with E-state index in [0.29, 0.717) is 11.8 Å². The van der Waals surface area contributed by atoms with Gasteiger partial charge in [0.15, 0.2) is 5.13 Å². The smallest absolute Gasteiger partial charge is 0.255 e. The average Bonchev–Trinajstić information content (AvgIpc) is 3.26. The fraction of sp³-hybridized carbons (Fsp3) is 0.529. The molecule has 2 aromatic heterocycles. The second kappa shape index (κ2) is 5.46. The molecule has 3 heterocycles. The molecule has 1 aliphatic heterocycles. The summed E-state index contributed by atoms with van der Waals surface area (Å²) < 4.78 is 2.07. The van der Waals surface area contributed by atoms with Crippen molar-refractivity contribution in [3.63, 3.8) is 0 Å². The van der Waals surface area contributed by atoms with Crippen molar-refractivity contribution in [3.8, 4) is 5.13 Å². The molecule has 1 saturated carbocycles. The molecule has 0 bridgehead atoms. The number of hydrogen-bond acceptors (Lipinski definition) is 4. The van der Waals surface area contributed by atoms with Crippen LogP contribution in [0.4, 0.5) is 0 Å². The summed E-state index contributed by atoms with van der Waals surface area (Å²) >= 11 is 1.59. The van der Waals surface area contributed by atoms with E-state index in [1.165, 1.54) is 0 Å². The molecule has 2 fully saturated rings. The van der Waals surface area contributed by atoms with Crippen molar-refractivity contribution in [2.24, 2.45) is 17.6 Å². The summed E-state index contributed by atoms with van der Waals surface area (Å²) in [5, 5.41) is 2.87. The first-order chi connectivity index (χ1) is 11.1. The van der Waals surface area contributed by atoms with Gasteiger partial charge in [0.25, 0.3) is 5.91 Å². The highest BCUT2D eigenvalue weighted by Crippen LogP contribution is 2.38. The third-order valence-corrected chi connectivity index (χ3v) is 6.23. The Labute approximate surface area is 140 Å². The van der Waals surface area contributed by atoms with E-state index in [4.69, 9.17) is 5.73 Å². The van der Waals surface area contributed by atoms with Gasteiger partial charge in [0.2, 0.25) is 0 Å². The van der Waals surface area contributed by atoms with Gasteiger partial charge in [-0.15, -0.1) is 11.3 Å². The van der Waals surface area contributed by atoms with Crippen molar-refractivity contribution in [2.45, 2.75) is 32.7 Å². The Balaban J connectivity index is 1.62. The number of aryl methyl sites for hydroxylation is 1. The van der Waals surface area contributed by atoms with E-state index in [1.807, 2.05) is 30.2 Å². The summed E-state index contributed by atoms with van der Waals surface area (Å²) in [6, 6.07) is 2.26. The number of thiazole rings is 1. The Morgan fingerprint density at radius 3 is 2.87 bits per heavy atom. The average molecular weight is 330 g/mol. The maximum absolute atomic E-state index is 13.0. The van der Waals surface area contributed by atoms with Crippen molar-refractivity contribution in [1.29, 1.82) is 0 Å². The van der Waals surface area contributed by atoms with Gasteiger partial charge in [-0.1, -0.05) is 0 Å². The largest absolute Gasteiger partial charge is 0.338 e. The summed E-state index contributed by atoms with van der Waals surface area (Å²) in [7, 11) is 0. The van der Waals surface area contributed by atoms with Gasteiger partial charge in [0.05, 0.1) is 5.56 Å². The summed E-state index contributed by atoms with van der Waals surface area (Å²) in [6.07, 6.45) is 4.06. The van der Waals surface area contributed by atoms with Crippen LogP contribution in [0, 0.1) is 25.7 Å². The SMILES string of the molecule is Cc1cc(C(=O)N2CC3CCC(N)C3C2)c(C)n1-c1nccs1. The fourth-order valence-corrected chi connectivity index (χ4v) is 5.00.